The number of aliphatic carboxylic acids is 2. The number of carbonyl (C=O) groups is 3. The highest BCUT2D eigenvalue weighted by Crippen LogP contribution is 2.27. The van der Waals surface area contributed by atoms with Crippen molar-refractivity contribution in [1.29, 1.82) is 0 Å². The number of rotatable bonds is 3. The Hall–Kier alpha value is -3.95. The van der Waals surface area contributed by atoms with Gasteiger partial charge in [-0.05, 0) is 31.2 Å². The molecule has 0 aliphatic carbocycles. The third-order valence-electron chi connectivity index (χ3n) is 5.61. The molecule has 9 nitrogen and oxygen atoms in total. The summed E-state index contributed by atoms with van der Waals surface area (Å²) in [5, 5.41) is 14.2. The number of aryl methyl sites for hydroxylation is 1. The van der Waals surface area contributed by atoms with E-state index in [1.54, 1.807) is 18.3 Å². The third-order valence-corrected chi connectivity index (χ3v) is 5.61. The minimum absolute atomic E-state index is 0.0258. The summed E-state index contributed by atoms with van der Waals surface area (Å²) in [7, 11) is 0. The summed E-state index contributed by atoms with van der Waals surface area (Å²) >= 11 is 0. The molecule has 0 unspecified atom stereocenters. The van der Waals surface area contributed by atoms with E-state index in [4.69, 9.17) is 24.5 Å². The molecule has 0 saturated carbocycles. The van der Waals surface area contributed by atoms with Crippen LogP contribution in [0.5, 0.6) is 5.75 Å². The van der Waals surface area contributed by atoms with Gasteiger partial charge in [0, 0.05) is 56.6 Å². The fourth-order valence-corrected chi connectivity index (χ4v) is 3.78. The molecule has 16 heteroatoms. The number of carboxylic acids is 2. The van der Waals surface area contributed by atoms with E-state index < -0.39 is 24.3 Å². The van der Waals surface area contributed by atoms with E-state index in [2.05, 4.69) is 9.88 Å². The lowest BCUT2D eigenvalue weighted by atomic mass is 10.1. The van der Waals surface area contributed by atoms with Crippen LogP contribution in [0, 0.1) is 12.7 Å². The maximum Gasteiger partial charge on any atom is 0.490 e. The molecule has 0 bridgehead atoms. The van der Waals surface area contributed by atoms with E-state index in [1.165, 1.54) is 12.1 Å². The molecule has 2 atom stereocenters. The standard InChI is InChI=1S/C20H22FN3O2.2C2HF3O2/c1-14-5-6-15(11-22-14)20(25)24-8-7-23-13-19(10-17(23)12-24)26-18-4-2-3-16(21)9-18;2*3-2(4,5)1(6)7/h2-6,9,11,17,19H,7-8,10,12-13H2,1H3;2*(H,6,7)/t17-,19+;;/m0../s1. The average Bonchev–Trinajstić information content (AvgIpc) is 3.25. The lowest BCUT2D eigenvalue weighted by Gasteiger charge is -2.37. The zero-order valence-electron chi connectivity index (χ0n) is 20.7. The maximum absolute atomic E-state index is 13.3. The maximum atomic E-state index is 13.3. The van der Waals surface area contributed by atoms with Gasteiger partial charge in [0.2, 0.25) is 0 Å². The molecule has 1 amide bonds. The normalized spacial score (nSPS) is 18.9. The molecule has 220 valence electrons. The number of halogens is 7. The molecule has 1 aromatic heterocycles. The molecule has 2 N–H and O–H groups in total. The lowest BCUT2D eigenvalue weighted by molar-refractivity contribution is -0.193. The Morgan fingerprint density at radius 3 is 2.05 bits per heavy atom. The predicted octanol–water partition coefficient (Wildman–Crippen LogP) is 3.77. The van der Waals surface area contributed by atoms with Gasteiger partial charge in [0.25, 0.3) is 5.91 Å². The van der Waals surface area contributed by atoms with E-state index in [0.717, 1.165) is 25.2 Å². The second kappa shape index (κ2) is 13.4. The summed E-state index contributed by atoms with van der Waals surface area (Å²) in [6, 6.07) is 10.2. The first-order valence-corrected chi connectivity index (χ1v) is 11.5. The summed E-state index contributed by atoms with van der Waals surface area (Å²) in [4.78, 5) is 39.0. The predicted molar refractivity (Wildman–Crippen MR) is 123 cm³/mol. The van der Waals surface area contributed by atoms with Crippen molar-refractivity contribution in [2.24, 2.45) is 0 Å². The summed E-state index contributed by atoms with van der Waals surface area (Å²) in [5.74, 6) is -5.21. The molecular formula is C24H24F7N3O6. The number of nitrogens with zero attached hydrogens (tertiary/aromatic N) is 3. The van der Waals surface area contributed by atoms with Gasteiger partial charge in [0.05, 0.1) is 5.56 Å². The highest BCUT2D eigenvalue weighted by atomic mass is 19.4. The van der Waals surface area contributed by atoms with Crippen molar-refractivity contribution in [3.63, 3.8) is 0 Å². The number of hydrogen-bond acceptors (Lipinski definition) is 6. The number of benzene rings is 1. The van der Waals surface area contributed by atoms with Crippen molar-refractivity contribution in [2.45, 2.75) is 37.8 Å². The van der Waals surface area contributed by atoms with Crippen LogP contribution in [0.25, 0.3) is 0 Å². The molecule has 4 rings (SSSR count). The van der Waals surface area contributed by atoms with Crippen LogP contribution in [0.4, 0.5) is 30.7 Å². The number of carbonyl (C=O) groups excluding carboxylic acids is 1. The molecule has 3 heterocycles. The van der Waals surface area contributed by atoms with E-state index in [-0.39, 0.29) is 23.9 Å². The van der Waals surface area contributed by atoms with Crippen molar-refractivity contribution >= 4 is 17.8 Å². The molecular weight excluding hydrogens is 559 g/mol. The van der Waals surface area contributed by atoms with Crippen molar-refractivity contribution in [2.75, 3.05) is 26.2 Å². The summed E-state index contributed by atoms with van der Waals surface area (Å²) in [6.45, 7) is 4.95. The molecule has 2 aliphatic rings. The van der Waals surface area contributed by atoms with Crippen molar-refractivity contribution in [1.82, 2.24) is 14.8 Å². The average molecular weight is 583 g/mol. The fourth-order valence-electron chi connectivity index (χ4n) is 3.78. The molecule has 0 spiro atoms. The van der Waals surface area contributed by atoms with E-state index in [9.17, 15) is 35.5 Å². The highest BCUT2D eigenvalue weighted by Gasteiger charge is 2.40. The molecule has 1 aromatic carbocycles. The molecule has 0 radical (unpaired) electrons. The first kappa shape index (κ1) is 32.3. The van der Waals surface area contributed by atoms with Gasteiger partial charge >= 0.3 is 24.3 Å². The number of amides is 1. The van der Waals surface area contributed by atoms with E-state index in [1.807, 2.05) is 24.0 Å². The Balaban J connectivity index is 0.000000333. The number of aromatic nitrogens is 1. The zero-order chi connectivity index (χ0) is 30.3. The van der Waals surface area contributed by atoms with Crippen LogP contribution in [0.2, 0.25) is 0 Å². The first-order valence-electron chi connectivity index (χ1n) is 11.5. The van der Waals surface area contributed by atoms with Gasteiger partial charge in [0.1, 0.15) is 17.7 Å². The molecule has 40 heavy (non-hydrogen) atoms. The highest BCUT2D eigenvalue weighted by molar-refractivity contribution is 5.94. The van der Waals surface area contributed by atoms with Crippen LogP contribution in [0.3, 0.4) is 0 Å². The van der Waals surface area contributed by atoms with Gasteiger partial charge in [-0.2, -0.15) is 26.3 Å². The summed E-state index contributed by atoms with van der Waals surface area (Å²) < 4.78 is 82.7. The lowest BCUT2D eigenvalue weighted by Crippen LogP contribution is -2.52. The first-order chi connectivity index (χ1) is 18.5. The van der Waals surface area contributed by atoms with Crippen molar-refractivity contribution < 1.29 is 60.1 Å². The number of alkyl halides is 6. The zero-order valence-corrected chi connectivity index (χ0v) is 20.7. The Kier molecular flexibility index (Phi) is 10.8. The number of pyridine rings is 1. The van der Waals surface area contributed by atoms with Gasteiger partial charge in [-0.25, -0.2) is 14.0 Å². The third kappa shape index (κ3) is 9.98. The van der Waals surface area contributed by atoms with Gasteiger partial charge in [-0.3, -0.25) is 14.7 Å². The molecule has 2 saturated heterocycles. The topological polar surface area (TPSA) is 120 Å². The number of fused-ring (bicyclic) bond motifs is 1. The molecule has 2 aromatic rings. The number of ether oxygens (including phenoxy) is 1. The fraction of sp³-hybridized carbons (Fsp3) is 0.417. The van der Waals surface area contributed by atoms with Crippen molar-refractivity contribution in [3.05, 3.63) is 59.7 Å². The second-order valence-corrected chi connectivity index (χ2v) is 8.63. The molecule has 2 fully saturated rings. The quantitative estimate of drug-likeness (QED) is 0.525. The van der Waals surface area contributed by atoms with Crippen LogP contribution in [-0.4, -0.2) is 93.5 Å². The summed E-state index contributed by atoms with van der Waals surface area (Å²) in [5.41, 5.74) is 1.54. The van der Waals surface area contributed by atoms with Crippen molar-refractivity contribution in [3.8, 4) is 5.75 Å². The van der Waals surface area contributed by atoms with E-state index >= 15 is 0 Å². The Bertz CT molecular complexity index is 1150. The van der Waals surface area contributed by atoms with Gasteiger partial charge < -0.3 is 19.8 Å². The SMILES string of the molecule is Cc1ccc(C(=O)N2CCN3C[C@H](Oc4cccc(F)c4)C[C@H]3C2)cn1.O=C(O)C(F)(F)F.O=C(O)C(F)(F)F. The number of carboxylic acid groups (broad SMARTS) is 2. The Morgan fingerprint density at radius 2 is 1.55 bits per heavy atom. The monoisotopic (exact) mass is 583 g/mol. The smallest absolute Gasteiger partial charge is 0.489 e. The Morgan fingerprint density at radius 1 is 0.950 bits per heavy atom. The molecule has 2 aliphatic heterocycles. The van der Waals surface area contributed by atoms with Crippen LogP contribution >= 0.6 is 0 Å². The van der Waals surface area contributed by atoms with E-state index in [0.29, 0.717) is 24.4 Å². The van der Waals surface area contributed by atoms with Gasteiger partial charge in [0.15, 0.2) is 0 Å². The van der Waals surface area contributed by atoms with Crippen LogP contribution in [0.15, 0.2) is 42.6 Å². The largest absolute Gasteiger partial charge is 0.490 e. The van der Waals surface area contributed by atoms with Crippen LogP contribution < -0.4 is 4.74 Å². The summed E-state index contributed by atoms with van der Waals surface area (Å²) in [6.07, 6.45) is -7.65. The van der Waals surface area contributed by atoms with Gasteiger partial charge in [-0.15, -0.1) is 0 Å². The number of hydrogen-bond donors (Lipinski definition) is 2. The Labute approximate surface area is 222 Å². The minimum Gasteiger partial charge on any atom is -0.489 e. The van der Waals surface area contributed by atoms with Crippen LogP contribution in [-0.2, 0) is 9.59 Å². The van der Waals surface area contributed by atoms with Gasteiger partial charge in [-0.1, -0.05) is 6.07 Å². The second-order valence-electron chi connectivity index (χ2n) is 8.63. The number of piperazine rings is 1. The van der Waals surface area contributed by atoms with Crippen LogP contribution in [0.1, 0.15) is 22.5 Å². The minimum atomic E-state index is -5.08.